The predicted molar refractivity (Wildman–Crippen MR) is 90.1 cm³/mol. The number of anilines is 2. The SMILES string of the molecule is O=C1CC(Nc2ccc(I)cc2)C(=O)N1c1ccccc1. The minimum absolute atomic E-state index is 0.172. The van der Waals surface area contributed by atoms with Crippen LogP contribution < -0.4 is 10.2 Å². The van der Waals surface area contributed by atoms with E-state index >= 15 is 0 Å². The van der Waals surface area contributed by atoms with Gasteiger partial charge in [0.1, 0.15) is 6.04 Å². The zero-order valence-corrected chi connectivity index (χ0v) is 13.3. The lowest BCUT2D eigenvalue weighted by Crippen LogP contribution is -2.34. The van der Waals surface area contributed by atoms with Gasteiger partial charge in [0.25, 0.3) is 5.91 Å². The number of nitrogens with zero attached hydrogens (tertiary/aromatic N) is 1. The molecule has 1 unspecified atom stereocenters. The first-order chi connectivity index (χ1) is 10.1. The summed E-state index contributed by atoms with van der Waals surface area (Å²) in [7, 11) is 0. The summed E-state index contributed by atoms with van der Waals surface area (Å²) in [6.07, 6.45) is 0.180. The standard InChI is InChI=1S/C16H13IN2O2/c17-11-6-8-12(9-7-11)18-14-10-15(20)19(16(14)21)13-4-2-1-3-5-13/h1-9,14,18H,10H2. The van der Waals surface area contributed by atoms with Crippen molar-refractivity contribution < 1.29 is 9.59 Å². The molecule has 0 spiro atoms. The van der Waals surface area contributed by atoms with Crippen LogP contribution in [0.3, 0.4) is 0 Å². The van der Waals surface area contributed by atoms with E-state index in [4.69, 9.17) is 0 Å². The van der Waals surface area contributed by atoms with E-state index in [1.807, 2.05) is 42.5 Å². The topological polar surface area (TPSA) is 49.4 Å². The summed E-state index contributed by atoms with van der Waals surface area (Å²) in [5.41, 5.74) is 1.47. The summed E-state index contributed by atoms with van der Waals surface area (Å²) >= 11 is 2.22. The normalized spacial score (nSPS) is 18.1. The van der Waals surface area contributed by atoms with Gasteiger partial charge in [0.2, 0.25) is 5.91 Å². The number of amides is 2. The van der Waals surface area contributed by atoms with Gasteiger partial charge in [-0.05, 0) is 59.0 Å². The Bertz CT molecular complexity index is 670. The Kier molecular flexibility index (Phi) is 3.92. The van der Waals surface area contributed by atoms with Crippen LogP contribution in [0, 0.1) is 3.57 Å². The first-order valence-corrected chi connectivity index (χ1v) is 7.67. The van der Waals surface area contributed by atoms with Gasteiger partial charge in [-0.3, -0.25) is 9.59 Å². The fraction of sp³-hybridized carbons (Fsp3) is 0.125. The number of halogens is 1. The maximum atomic E-state index is 12.4. The lowest BCUT2D eigenvalue weighted by Gasteiger charge is -2.16. The largest absolute Gasteiger partial charge is 0.373 e. The van der Waals surface area contributed by atoms with E-state index in [9.17, 15) is 9.59 Å². The number of hydrogen-bond donors (Lipinski definition) is 1. The second-order valence-corrected chi connectivity index (χ2v) is 6.06. The van der Waals surface area contributed by atoms with Gasteiger partial charge < -0.3 is 5.32 Å². The zero-order valence-electron chi connectivity index (χ0n) is 11.1. The second kappa shape index (κ2) is 5.85. The van der Waals surface area contributed by atoms with Gasteiger partial charge in [-0.1, -0.05) is 18.2 Å². The van der Waals surface area contributed by atoms with Gasteiger partial charge in [0, 0.05) is 9.26 Å². The highest BCUT2D eigenvalue weighted by molar-refractivity contribution is 14.1. The molecule has 0 aromatic heterocycles. The summed E-state index contributed by atoms with van der Waals surface area (Å²) in [6, 6.07) is 16.2. The molecule has 1 aliphatic heterocycles. The molecule has 1 N–H and O–H groups in total. The Morgan fingerprint density at radius 1 is 1.00 bits per heavy atom. The molecular formula is C16H13IN2O2. The molecular weight excluding hydrogens is 379 g/mol. The van der Waals surface area contributed by atoms with Gasteiger partial charge in [-0.2, -0.15) is 0 Å². The minimum Gasteiger partial charge on any atom is -0.373 e. The molecule has 2 amide bonds. The van der Waals surface area contributed by atoms with E-state index in [0.29, 0.717) is 5.69 Å². The molecule has 1 atom stereocenters. The van der Waals surface area contributed by atoms with Crippen LogP contribution in [-0.2, 0) is 9.59 Å². The van der Waals surface area contributed by atoms with Crippen molar-refractivity contribution in [3.8, 4) is 0 Å². The average Bonchev–Trinajstić information content (AvgIpc) is 2.77. The third kappa shape index (κ3) is 2.92. The third-order valence-electron chi connectivity index (χ3n) is 3.35. The molecule has 1 aliphatic rings. The zero-order chi connectivity index (χ0) is 14.8. The molecule has 106 valence electrons. The number of nitrogens with one attached hydrogen (secondary N) is 1. The van der Waals surface area contributed by atoms with E-state index in [2.05, 4.69) is 27.9 Å². The number of para-hydroxylation sites is 1. The summed E-state index contributed by atoms with van der Waals surface area (Å²) in [5.74, 6) is -0.376. The Labute approximate surface area is 136 Å². The van der Waals surface area contributed by atoms with Crippen LogP contribution >= 0.6 is 22.6 Å². The first kappa shape index (κ1) is 14.1. The fourth-order valence-electron chi connectivity index (χ4n) is 2.34. The van der Waals surface area contributed by atoms with Crippen LogP contribution in [0.15, 0.2) is 54.6 Å². The van der Waals surface area contributed by atoms with Gasteiger partial charge in [-0.25, -0.2) is 4.90 Å². The molecule has 1 heterocycles. The van der Waals surface area contributed by atoms with E-state index in [0.717, 1.165) is 9.26 Å². The van der Waals surface area contributed by atoms with Crippen molar-refractivity contribution >= 4 is 45.8 Å². The van der Waals surface area contributed by atoms with Crippen molar-refractivity contribution in [2.45, 2.75) is 12.5 Å². The van der Waals surface area contributed by atoms with Crippen molar-refractivity contribution in [2.24, 2.45) is 0 Å². The maximum absolute atomic E-state index is 12.4. The lowest BCUT2D eigenvalue weighted by molar-refractivity contribution is -0.121. The van der Waals surface area contributed by atoms with Gasteiger partial charge in [-0.15, -0.1) is 0 Å². The molecule has 0 aliphatic carbocycles. The first-order valence-electron chi connectivity index (χ1n) is 6.59. The van der Waals surface area contributed by atoms with E-state index in [-0.39, 0.29) is 18.2 Å². The second-order valence-electron chi connectivity index (χ2n) is 4.81. The minimum atomic E-state index is -0.502. The molecule has 2 aromatic rings. The highest BCUT2D eigenvalue weighted by Crippen LogP contribution is 2.24. The Morgan fingerprint density at radius 3 is 2.33 bits per heavy atom. The summed E-state index contributed by atoms with van der Waals surface area (Å²) in [4.78, 5) is 25.8. The van der Waals surface area contributed by atoms with Crippen LogP contribution in [0.25, 0.3) is 0 Å². The molecule has 3 rings (SSSR count). The number of benzene rings is 2. The predicted octanol–water partition coefficient (Wildman–Crippen LogP) is 3.04. The summed E-state index contributed by atoms with van der Waals surface area (Å²) in [6.45, 7) is 0. The van der Waals surface area contributed by atoms with Gasteiger partial charge >= 0.3 is 0 Å². The molecule has 2 aromatic carbocycles. The number of carbonyl (C=O) groups excluding carboxylic acids is 2. The molecule has 0 saturated carbocycles. The van der Waals surface area contributed by atoms with Crippen molar-refractivity contribution in [3.05, 3.63) is 58.2 Å². The maximum Gasteiger partial charge on any atom is 0.256 e. The molecule has 1 saturated heterocycles. The lowest BCUT2D eigenvalue weighted by atomic mass is 10.2. The fourth-order valence-corrected chi connectivity index (χ4v) is 2.70. The molecule has 5 heteroatoms. The van der Waals surface area contributed by atoms with Crippen molar-refractivity contribution in [1.82, 2.24) is 0 Å². The van der Waals surface area contributed by atoms with Crippen LogP contribution in [0.1, 0.15) is 6.42 Å². The highest BCUT2D eigenvalue weighted by Gasteiger charge is 2.39. The van der Waals surface area contributed by atoms with Crippen LogP contribution in [0.2, 0.25) is 0 Å². The van der Waals surface area contributed by atoms with Crippen LogP contribution in [0.5, 0.6) is 0 Å². The molecule has 1 fully saturated rings. The Balaban J connectivity index is 1.79. The molecule has 21 heavy (non-hydrogen) atoms. The molecule has 0 radical (unpaired) electrons. The van der Waals surface area contributed by atoms with Crippen molar-refractivity contribution in [3.63, 3.8) is 0 Å². The smallest absolute Gasteiger partial charge is 0.256 e. The quantitative estimate of drug-likeness (QED) is 0.646. The number of imide groups is 1. The van der Waals surface area contributed by atoms with Crippen molar-refractivity contribution in [2.75, 3.05) is 10.2 Å². The highest BCUT2D eigenvalue weighted by atomic mass is 127. The molecule has 0 bridgehead atoms. The van der Waals surface area contributed by atoms with E-state index in [1.54, 1.807) is 12.1 Å². The number of hydrogen-bond acceptors (Lipinski definition) is 3. The van der Waals surface area contributed by atoms with E-state index in [1.165, 1.54) is 4.90 Å². The Hall–Kier alpha value is -1.89. The van der Waals surface area contributed by atoms with Crippen LogP contribution in [-0.4, -0.2) is 17.9 Å². The average molecular weight is 392 g/mol. The summed E-state index contributed by atoms with van der Waals surface area (Å²) < 4.78 is 1.12. The van der Waals surface area contributed by atoms with Gasteiger partial charge in [0.15, 0.2) is 0 Å². The number of carbonyl (C=O) groups is 2. The third-order valence-corrected chi connectivity index (χ3v) is 4.07. The van der Waals surface area contributed by atoms with Crippen LogP contribution in [0.4, 0.5) is 11.4 Å². The molecule has 4 nitrogen and oxygen atoms in total. The number of rotatable bonds is 3. The Morgan fingerprint density at radius 2 is 1.67 bits per heavy atom. The van der Waals surface area contributed by atoms with E-state index < -0.39 is 6.04 Å². The summed E-state index contributed by atoms with van der Waals surface area (Å²) in [5, 5.41) is 3.13. The van der Waals surface area contributed by atoms with Gasteiger partial charge in [0.05, 0.1) is 12.1 Å². The monoisotopic (exact) mass is 392 g/mol. The van der Waals surface area contributed by atoms with Crippen molar-refractivity contribution in [1.29, 1.82) is 0 Å².